The van der Waals surface area contributed by atoms with Gasteiger partial charge in [0.25, 0.3) is 15.9 Å². The van der Waals surface area contributed by atoms with Crippen LogP contribution >= 0.6 is 0 Å². The molecular weight excluding hydrogens is 434 g/mol. The molecule has 7 heteroatoms. The number of hydrazone groups is 1. The Kier molecular flexibility index (Phi) is 7.33. The van der Waals surface area contributed by atoms with Crippen LogP contribution in [0.4, 0.5) is 5.69 Å². The molecule has 0 aromatic heterocycles. The lowest BCUT2D eigenvalue weighted by molar-refractivity contribution is -0.119. The number of hydrogen-bond acceptors (Lipinski definition) is 4. The molecule has 6 nitrogen and oxygen atoms in total. The molecule has 0 aliphatic rings. The van der Waals surface area contributed by atoms with Crippen molar-refractivity contribution >= 4 is 27.8 Å². The number of carbonyl (C=O) groups is 1. The van der Waals surface area contributed by atoms with Crippen LogP contribution in [0.15, 0.2) is 70.7 Å². The summed E-state index contributed by atoms with van der Waals surface area (Å²) in [6.07, 6.45) is 1.58. The summed E-state index contributed by atoms with van der Waals surface area (Å²) >= 11 is 0. The zero-order chi connectivity index (χ0) is 24.2. The Morgan fingerprint density at radius 3 is 2.27 bits per heavy atom. The topological polar surface area (TPSA) is 78.8 Å². The summed E-state index contributed by atoms with van der Waals surface area (Å²) in [5.41, 5.74) is 8.91. The van der Waals surface area contributed by atoms with Gasteiger partial charge in [0.05, 0.1) is 16.8 Å². The van der Waals surface area contributed by atoms with Gasteiger partial charge in [-0.1, -0.05) is 42.5 Å². The van der Waals surface area contributed by atoms with Crippen molar-refractivity contribution in [3.63, 3.8) is 0 Å². The maximum absolute atomic E-state index is 13.4. The van der Waals surface area contributed by atoms with Gasteiger partial charge in [0.2, 0.25) is 0 Å². The summed E-state index contributed by atoms with van der Waals surface area (Å²) in [7, 11) is -3.96. The van der Waals surface area contributed by atoms with Crippen LogP contribution in [0.25, 0.3) is 0 Å². The van der Waals surface area contributed by atoms with Crippen molar-refractivity contribution in [2.24, 2.45) is 5.10 Å². The van der Waals surface area contributed by atoms with E-state index >= 15 is 0 Å². The first-order valence-electron chi connectivity index (χ1n) is 10.6. The maximum atomic E-state index is 13.4. The first-order valence-corrected chi connectivity index (χ1v) is 12.1. The summed E-state index contributed by atoms with van der Waals surface area (Å²) in [5, 5.41) is 4.07. The highest BCUT2D eigenvalue weighted by atomic mass is 32.2. The molecular formula is C26H29N3O3S. The first-order chi connectivity index (χ1) is 15.6. The highest BCUT2D eigenvalue weighted by Crippen LogP contribution is 2.27. The van der Waals surface area contributed by atoms with E-state index < -0.39 is 22.5 Å². The third-order valence-electron chi connectivity index (χ3n) is 5.74. The molecule has 172 valence electrons. The van der Waals surface area contributed by atoms with E-state index in [0.29, 0.717) is 5.69 Å². The molecule has 0 saturated heterocycles. The number of anilines is 1. The van der Waals surface area contributed by atoms with Gasteiger partial charge in [-0.15, -0.1) is 0 Å². The van der Waals surface area contributed by atoms with Gasteiger partial charge in [0, 0.05) is 0 Å². The van der Waals surface area contributed by atoms with Gasteiger partial charge in [0.15, 0.2) is 0 Å². The van der Waals surface area contributed by atoms with Crippen molar-refractivity contribution in [3.05, 3.63) is 94.0 Å². The lowest BCUT2D eigenvalue weighted by Crippen LogP contribution is -2.40. The number of amides is 1. The molecule has 0 heterocycles. The quantitative estimate of drug-likeness (QED) is 0.412. The van der Waals surface area contributed by atoms with Gasteiger partial charge in [-0.05, 0) is 86.2 Å². The summed E-state index contributed by atoms with van der Waals surface area (Å²) < 4.78 is 28.0. The molecule has 0 spiro atoms. The molecule has 0 saturated carbocycles. The average Bonchev–Trinajstić information content (AvgIpc) is 2.79. The van der Waals surface area contributed by atoms with Gasteiger partial charge in [-0.2, -0.15) is 5.10 Å². The molecule has 3 aromatic rings. The second-order valence-corrected chi connectivity index (χ2v) is 9.99. The Hall–Kier alpha value is -3.45. The zero-order valence-electron chi connectivity index (χ0n) is 19.6. The molecule has 0 radical (unpaired) electrons. The average molecular weight is 464 g/mol. The molecule has 0 atom stereocenters. The fourth-order valence-corrected chi connectivity index (χ4v) is 4.96. The Balaban J connectivity index is 1.88. The lowest BCUT2D eigenvalue weighted by atomic mass is 10.00. The van der Waals surface area contributed by atoms with Crippen LogP contribution < -0.4 is 9.73 Å². The van der Waals surface area contributed by atoms with Gasteiger partial charge < -0.3 is 0 Å². The molecule has 3 rings (SSSR count). The number of carbonyl (C=O) groups excluding carboxylic acids is 1. The molecule has 33 heavy (non-hydrogen) atoms. The largest absolute Gasteiger partial charge is 0.271 e. The molecule has 3 aromatic carbocycles. The van der Waals surface area contributed by atoms with Crippen molar-refractivity contribution in [1.82, 2.24) is 5.43 Å². The van der Waals surface area contributed by atoms with Crippen LogP contribution in [0, 0.1) is 34.6 Å². The number of hydrogen-bond donors (Lipinski definition) is 1. The van der Waals surface area contributed by atoms with E-state index in [1.54, 1.807) is 30.5 Å². The summed E-state index contributed by atoms with van der Waals surface area (Å²) in [6, 6.07) is 17.6. The van der Waals surface area contributed by atoms with E-state index in [0.717, 1.165) is 26.6 Å². The second kappa shape index (κ2) is 10.0. The van der Waals surface area contributed by atoms with E-state index in [-0.39, 0.29) is 4.90 Å². The van der Waals surface area contributed by atoms with E-state index in [4.69, 9.17) is 0 Å². The van der Waals surface area contributed by atoms with Gasteiger partial charge in [0.1, 0.15) is 6.54 Å². The number of nitrogens with one attached hydrogen (secondary N) is 1. The third-order valence-corrected chi connectivity index (χ3v) is 7.52. The SMILES string of the molecule is Cc1ccc(C)c(N(CC(=O)N/N=C\c2ccc(C)c(C)c2C)S(=O)(=O)c2ccccc2)c1. The predicted octanol–water partition coefficient (Wildman–Crippen LogP) is 4.57. The van der Waals surface area contributed by atoms with Crippen LogP contribution in [0.3, 0.4) is 0 Å². The third kappa shape index (κ3) is 5.49. The van der Waals surface area contributed by atoms with Crippen LogP contribution in [-0.2, 0) is 14.8 Å². The van der Waals surface area contributed by atoms with E-state index in [1.807, 2.05) is 58.9 Å². The monoisotopic (exact) mass is 463 g/mol. The molecule has 0 aliphatic heterocycles. The molecule has 0 aliphatic carbocycles. The molecule has 1 amide bonds. The van der Waals surface area contributed by atoms with Gasteiger partial charge in [-0.25, -0.2) is 13.8 Å². The lowest BCUT2D eigenvalue weighted by Gasteiger charge is -2.25. The van der Waals surface area contributed by atoms with Crippen LogP contribution in [0.1, 0.15) is 33.4 Å². The summed E-state index contributed by atoms with van der Waals surface area (Å²) in [6.45, 7) is 9.38. The van der Waals surface area contributed by atoms with Gasteiger partial charge >= 0.3 is 0 Å². The van der Waals surface area contributed by atoms with E-state index in [9.17, 15) is 13.2 Å². The molecule has 0 unspecified atom stereocenters. The minimum atomic E-state index is -3.96. The van der Waals surface area contributed by atoms with Crippen LogP contribution in [0.5, 0.6) is 0 Å². The highest BCUT2D eigenvalue weighted by Gasteiger charge is 2.28. The number of nitrogens with zero attached hydrogens (tertiary/aromatic N) is 2. The molecule has 1 N–H and O–H groups in total. The standard InChI is InChI=1S/C26H29N3O3S/c1-18-11-12-20(3)25(15-18)29(33(31,32)24-9-7-6-8-10-24)17-26(30)28-27-16-23-14-13-19(2)21(4)22(23)5/h6-16H,17H2,1-5H3,(H,28,30)/b27-16-. The van der Waals surface area contributed by atoms with Crippen molar-refractivity contribution in [3.8, 4) is 0 Å². The maximum Gasteiger partial charge on any atom is 0.264 e. The van der Waals surface area contributed by atoms with Crippen molar-refractivity contribution < 1.29 is 13.2 Å². The Bertz CT molecular complexity index is 1300. The highest BCUT2D eigenvalue weighted by molar-refractivity contribution is 7.92. The number of sulfonamides is 1. The summed E-state index contributed by atoms with van der Waals surface area (Å²) in [5.74, 6) is -0.534. The Morgan fingerprint density at radius 1 is 0.909 bits per heavy atom. The van der Waals surface area contributed by atoms with E-state index in [1.165, 1.54) is 23.3 Å². The minimum absolute atomic E-state index is 0.118. The fourth-order valence-electron chi connectivity index (χ4n) is 3.46. The Morgan fingerprint density at radius 2 is 1.58 bits per heavy atom. The number of rotatable bonds is 7. The minimum Gasteiger partial charge on any atom is -0.271 e. The van der Waals surface area contributed by atoms with Crippen LogP contribution in [-0.4, -0.2) is 27.1 Å². The van der Waals surface area contributed by atoms with E-state index in [2.05, 4.69) is 10.5 Å². The Labute approximate surface area is 196 Å². The number of aryl methyl sites for hydroxylation is 3. The van der Waals surface area contributed by atoms with Crippen molar-refractivity contribution in [2.75, 3.05) is 10.8 Å². The number of benzene rings is 3. The first kappa shape index (κ1) is 24.2. The predicted molar refractivity (Wildman–Crippen MR) is 133 cm³/mol. The molecule has 0 fully saturated rings. The second-order valence-electron chi connectivity index (χ2n) is 8.13. The summed E-state index contributed by atoms with van der Waals surface area (Å²) in [4.78, 5) is 12.9. The normalized spacial score (nSPS) is 11.5. The molecule has 0 bridgehead atoms. The van der Waals surface area contributed by atoms with Crippen LogP contribution in [0.2, 0.25) is 0 Å². The van der Waals surface area contributed by atoms with Crippen molar-refractivity contribution in [1.29, 1.82) is 0 Å². The van der Waals surface area contributed by atoms with Gasteiger partial charge in [-0.3, -0.25) is 9.10 Å². The smallest absolute Gasteiger partial charge is 0.264 e. The van der Waals surface area contributed by atoms with Crippen molar-refractivity contribution in [2.45, 2.75) is 39.5 Å². The fraction of sp³-hybridized carbons (Fsp3) is 0.231. The zero-order valence-corrected chi connectivity index (χ0v) is 20.4.